The van der Waals surface area contributed by atoms with E-state index in [1.165, 1.54) is 9.80 Å². The predicted molar refractivity (Wildman–Crippen MR) is 188 cm³/mol. The van der Waals surface area contributed by atoms with Crippen LogP contribution in [0, 0.1) is 0 Å². The standard InChI is InChI=1S/C35H51N11O4/c1-32(2,3)26-20-43(41-39-26)16-22-18-45(30(47)49-34(7,8)9)28(36-22)24-14-13-15-25(38-24)29-37-23(19-46(29)31(48)50-35(10,11)12)17-44-21-27(40-42-44)33(4,5)6/h13-15,20-23H,16-19H2,1-12H3/t22-,23-/m0/s1. The summed E-state index contributed by atoms with van der Waals surface area (Å²) in [7, 11) is 0. The maximum Gasteiger partial charge on any atom is 0.416 e. The number of amidine groups is 2. The van der Waals surface area contributed by atoms with E-state index in [1.54, 1.807) is 21.5 Å². The molecule has 15 nitrogen and oxygen atoms in total. The van der Waals surface area contributed by atoms with Crippen molar-refractivity contribution in [2.45, 2.75) is 130 Å². The van der Waals surface area contributed by atoms with Crippen LogP contribution in [0.5, 0.6) is 0 Å². The number of aromatic nitrogens is 7. The van der Waals surface area contributed by atoms with Gasteiger partial charge in [0.2, 0.25) is 0 Å². The molecule has 0 aliphatic carbocycles. The predicted octanol–water partition coefficient (Wildman–Crippen LogP) is 4.99. The van der Waals surface area contributed by atoms with E-state index in [-0.39, 0.29) is 36.0 Å². The molecule has 3 aromatic heterocycles. The fraction of sp³-hybridized carbons (Fsp3) is 0.629. The average Bonchev–Trinajstić information content (AvgIpc) is 3.77. The minimum absolute atomic E-state index is 0.158. The average molecular weight is 690 g/mol. The van der Waals surface area contributed by atoms with Crippen LogP contribution < -0.4 is 0 Å². The summed E-state index contributed by atoms with van der Waals surface area (Å²) in [5, 5.41) is 17.3. The lowest BCUT2D eigenvalue weighted by molar-refractivity contribution is 0.0365. The molecule has 50 heavy (non-hydrogen) atoms. The van der Waals surface area contributed by atoms with Crippen LogP contribution in [0.2, 0.25) is 0 Å². The summed E-state index contributed by atoms with van der Waals surface area (Å²) in [6, 6.07) is 4.71. The molecule has 270 valence electrons. The fourth-order valence-electron chi connectivity index (χ4n) is 5.30. The Morgan fingerprint density at radius 3 is 1.36 bits per heavy atom. The van der Waals surface area contributed by atoms with Crippen LogP contribution in [0.3, 0.4) is 0 Å². The molecule has 3 aromatic rings. The van der Waals surface area contributed by atoms with Gasteiger partial charge in [-0.05, 0) is 53.7 Å². The van der Waals surface area contributed by atoms with Gasteiger partial charge in [-0.3, -0.25) is 29.1 Å². The summed E-state index contributed by atoms with van der Waals surface area (Å²) in [6.45, 7) is 24.7. The third-order valence-electron chi connectivity index (χ3n) is 7.75. The lowest BCUT2D eigenvalue weighted by atomic mass is 9.93. The first kappa shape index (κ1) is 36.6. The Balaban J connectivity index is 1.48. The van der Waals surface area contributed by atoms with Gasteiger partial charge in [0.1, 0.15) is 22.6 Å². The molecule has 2 atom stereocenters. The second-order valence-electron chi connectivity index (χ2n) is 17.0. The van der Waals surface area contributed by atoms with E-state index in [1.807, 2.05) is 60.0 Å². The zero-order chi connectivity index (χ0) is 36.8. The number of hydrogen-bond acceptors (Lipinski definition) is 11. The van der Waals surface area contributed by atoms with Crippen molar-refractivity contribution in [3.05, 3.63) is 53.4 Å². The van der Waals surface area contributed by atoms with E-state index in [4.69, 9.17) is 24.4 Å². The summed E-state index contributed by atoms with van der Waals surface area (Å²) in [4.78, 5) is 44.9. The van der Waals surface area contributed by atoms with Crippen molar-refractivity contribution in [1.29, 1.82) is 0 Å². The second-order valence-corrected chi connectivity index (χ2v) is 17.0. The largest absolute Gasteiger partial charge is 0.443 e. The quantitative estimate of drug-likeness (QED) is 0.348. The number of carbonyl (C=O) groups excluding carboxylic acids is 2. The minimum atomic E-state index is -0.720. The van der Waals surface area contributed by atoms with Gasteiger partial charge in [-0.1, -0.05) is 58.0 Å². The minimum Gasteiger partial charge on any atom is -0.443 e. The Morgan fingerprint density at radius 2 is 1.04 bits per heavy atom. The summed E-state index contributed by atoms with van der Waals surface area (Å²) in [5.41, 5.74) is 0.843. The SMILES string of the molecule is CC(C)(C)OC(=O)N1C[C@H](Cn2cc(C(C)(C)C)nn2)N=C1c1cccc(C2=N[C@@H](Cn3cc(C(C)(C)C)nn3)CN2C(=O)OC(C)(C)C)n1. The Bertz CT molecular complexity index is 1650. The molecule has 0 fully saturated rings. The van der Waals surface area contributed by atoms with E-state index in [0.717, 1.165) is 11.4 Å². The Hall–Kier alpha value is -4.69. The Labute approximate surface area is 294 Å². The molecule has 0 saturated carbocycles. The van der Waals surface area contributed by atoms with Gasteiger partial charge in [0, 0.05) is 23.2 Å². The highest BCUT2D eigenvalue weighted by Gasteiger charge is 2.38. The molecule has 0 unspecified atom stereocenters. The highest BCUT2D eigenvalue weighted by molar-refractivity contribution is 6.09. The third kappa shape index (κ3) is 8.90. The first-order valence-electron chi connectivity index (χ1n) is 17.0. The van der Waals surface area contributed by atoms with Gasteiger partial charge in [0.25, 0.3) is 0 Å². The molecule has 2 aliphatic rings. The number of nitrogens with zero attached hydrogens (tertiary/aromatic N) is 11. The number of rotatable bonds is 6. The summed E-state index contributed by atoms with van der Waals surface area (Å²) >= 11 is 0. The number of ether oxygens (including phenoxy) is 2. The Kier molecular flexibility index (Phi) is 9.67. The van der Waals surface area contributed by atoms with Crippen molar-refractivity contribution in [3.63, 3.8) is 0 Å². The second kappa shape index (κ2) is 13.2. The topological polar surface area (TPSA) is 158 Å². The summed E-state index contributed by atoms with van der Waals surface area (Å²) in [5.74, 6) is 0.720. The van der Waals surface area contributed by atoms with Gasteiger partial charge in [-0.25, -0.2) is 14.6 Å². The molecule has 0 spiro atoms. The third-order valence-corrected chi connectivity index (χ3v) is 7.75. The lowest BCUT2D eigenvalue weighted by Gasteiger charge is -2.26. The van der Waals surface area contributed by atoms with Crippen LogP contribution >= 0.6 is 0 Å². The van der Waals surface area contributed by atoms with Crippen molar-refractivity contribution >= 4 is 23.9 Å². The van der Waals surface area contributed by atoms with Gasteiger partial charge in [0.15, 0.2) is 11.7 Å². The van der Waals surface area contributed by atoms with Crippen molar-refractivity contribution in [2.75, 3.05) is 13.1 Å². The van der Waals surface area contributed by atoms with Gasteiger partial charge in [-0.2, -0.15) is 0 Å². The fourth-order valence-corrected chi connectivity index (χ4v) is 5.30. The van der Waals surface area contributed by atoms with Gasteiger partial charge >= 0.3 is 12.2 Å². The van der Waals surface area contributed by atoms with Crippen LogP contribution in [0.25, 0.3) is 0 Å². The molecular formula is C35H51N11O4. The number of amides is 2. The van der Waals surface area contributed by atoms with Crippen LogP contribution in [0.4, 0.5) is 9.59 Å². The van der Waals surface area contributed by atoms with Crippen LogP contribution in [-0.4, -0.2) is 105 Å². The van der Waals surface area contributed by atoms with Crippen molar-refractivity contribution in [1.82, 2.24) is 44.8 Å². The molecule has 2 amide bonds. The van der Waals surface area contributed by atoms with E-state index in [9.17, 15) is 9.59 Å². The normalized spacial score (nSPS) is 18.7. The van der Waals surface area contributed by atoms with Crippen molar-refractivity contribution in [3.8, 4) is 0 Å². The van der Waals surface area contributed by atoms with Gasteiger partial charge in [-0.15, -0.1) is 10.2 Å². The molecule has 0 radical (unpaired) electrons. The summed E-state index contributed by atoms with van der Waals surface area (Å²) in [6.07, 6.45) is 2.76. The van der Waals surface area contributed by atoms with Gasteiger partial charge in [0.05, 0.1) is 49.7 Å². The molecule has 0 saturated heterocycles. The maximum absolute atomic E-state index is 13.5. The number of pyridine rings is 1. The van der Waals surface area contributed by atoms with Crippen molar-refractivity contribution < 1.29 is 19.1 Å². The zero-order valence-electron chi connectivity index (χ0n) is 31.4. The molecule has 0 aromatic carbocycles. The van der Waals surface area contributed by atoms with Crippen LogP contribution in [-0.2, 0) is 33.4 Å². The van der Waals surface area contributed by atoms with Crippen LogP contribution in [0.1, 0.15) is 106 Å². The first-order valence-corrected chi connectivity index (χ1v) is 17.0. The summed E-state index contributed by atoms with van der Waals surface area (Å²) < 4.78 is 15.1. The number of carbonyl (C=O) groups is 2. The molecule has 2 aliphatic heterocycles. The van der Waals surface area contributed by atoms with E-state index >= 15 is 0 Å². The lowest BCUT2D eigenvalue weighted by Crippen LogP contribution is -2.42. The monoisotopic (exact) mass is 689 g/mol. The molecule has 0 bridgehead atoms. The number of aliphatic imine (C=N–C) groups is 2. The highest BCUT2D eigenvalue weighted by atomic mass is 16.6. The molecule has 0 N–H and O–H groups in total. The molecular weight excluding hydrogens is 638 g/mol. The molecule has 15 heteroatoms. The maximum atomic E-state index is 13.5. The van der Waals surface area contributed by atoms with Crippen LogP contribution in [0.15, 0.2) is 40.6 Å². The van der Waals surface area contributed by atoms with Gasteiger partial charge < -0.3 is 9.47 Å². The van der Waals surface area contributed by atoms with E-state index in [2.05, 4.69) is 62.2 Å². The number of hydrogen-bond donors (Lipinski definition) is 0. The highest BCUT2D eigenvalue weighted by Crippen LogP contribution is 2.25. The van der Waals surface area contributed by atoms with E-state index in [0.29, 0.717) is 36.1 Å². The first-order chi connectivity index (χ1) is 23.1. The van der Waals surface area contributed by atoms with E-state index < -0.39 is 23.4 Å². The Morgan fingerprint density at radius 1 is 0.660 bits per heavy atom. The van der Waals surface area contributed by atoms with Crippen molar-refractivity contribution in [2.24, 2.45) is 9.98 Å². The molecule has 5 heterocycles. The zero-order valence-corrected chi connectivity index (χ0v) is 31.4. The molecule has 5 rings (SSSR count). The smallest absolute Gasteiger partial charge is 0.416 e.